The third-order valence-corrected chi connectivity index (χ3v) is 6.07. The molecule has 8 heteroatoms. The van der Waals surface area contributed by atoms with Crippen LogP contribution in [0, 0.1) is 13.8 Å². The van der Waals surface area contributed by atoms with Crippen molar-refractivity contribution in [1.29, 1.82) is 0 Å². The van der Waals surface area contributed by atoms with Gasteiger partial charge in [0.25, 0.3) is 0 Å². The fraction of sp³-hybridized carbons (Fsp3) is 0.524. The molecule has 1 heterocycles. The Kier molecular flexibility index (Phi) is 8.96. The van der Waals surface area contributed by atoms with Crippen LogP contribution in [0.4, 0.5) is 0 Å². The second-order valence-electron chi connectivity index (χ2n) is 7.44. The van der Waals surface area contributed by atoms with E-state index >= 15 is 0 Å². The third-order valence-electron chi connectivity index (χ3n) is 5.58. The summed E-state index contributed by atoms with van der Waals surface area (Å²) >= 11 is 3.59. The molecule has 2 aromatic rings. The highest BCUT2D eigenvalue weighted by molar-refractivity contribution is 14.0. The molecule has 3 rings (SSSR count). The summed E-state index contributed by atoms with van der Waals surface area (Å²) < 4.78 is 8.32. The van der Waals surface area contributed by atoms with E-state index in [2.05, 4.69) is 74.8 Å². The predicted octanol–water partition coefficient (Wildman–Crippen LogP) is 3.92. The number of guanidine groups is 1. The Labute approximate surface area is 199 Å². The number of aliphatic imine (C=N–C) groups is 1. The fourth-order valence-corrected chi connectivity index (χ4v) is 3.97. The summed E-state index contributed by atoms with van der Waals surface area (Å²) in [6.45, 7) is 7.18. The Balaban J connectivity index is 0.00000300. The molecule has 29 heavy (non-hydrogen) atoms. The molecule has 2 N–H and O–H groups in total. The molecule has 0 spiro atoms. The number of rotatable bonds is 8. The second kappa shape index (κ2) is 10.8. The molecule has 0 bridgehead atoms. The number of hydrogen-bond acceptors (Lipinski definition) is 3. The summed E-state index contributed by atoms with van der Waals surface area (Å²) in [5.41, 5.74) is 5.04. The van der Waals surface area contributed by atoms with Crippen molar-refractivity contribution in [3.05, 3.63) is 51.3 Å². The molecule has 1 fully saturated rings. The summed E-state index contributed by atoms with van der Waals surface area (Å²) in [6.07, 6.45) is 2.41. The minimum absolute atomic E-state index is 0. The van der Waals surface area contributed by atoms with Crippen molar-refractivity contribution in [1.82, 2.24) is 20.4 Å². The summed E-state index contributed by atoms with van der Waals surface area (Å²) in [5.74, 6) is 0.824. The summed E-state index contributed by atoms with van der Waals surface area (Å²) in [7, 11) is 3.53. The molecule has 160 valence electrons. The van der Waals surface area contributed by atoms with Gasteiger partial charge in [-0.15, -0.1) is 24.0 Å². The van der Waals surface area contributed by atoms with E-state index in [1.54, 1.807) is 7.11 Å². The third kappa shape index (κ3) is 5.95. The maximum Gasteiger partial charge on any atom is 0.191 e. The van der Waals surface area contributed by atoms with Gasteiger partial charge in [-0.2, -0.15) is 5.10 Å². The topological polar surface area (TPSA) is 63.5 Å². The predicted molar refractivity (Wildman–Crippen MR) is 132 cm³/mol. The Bertz CT molecular complexity index is 848. The molecule has 6 nitrogen and oxygen atoms in total. The van der Waals surface area contributed by atoms with Crippen LogP contribution in [0.5, 0.6) is 0 Å². The molecular formula is C21H31BrIN5O. The normalized spacial score (nSPS) is 15.0. The first-order valence-electron chi connectivity index (χ1n) is 9.71. The van der Waals surface area contributed by atoms with E-state index in [-0.39, 0.29) is 29.4 Å². The second-order valence-corrected chi connectivity index (χ2v) is 8.35. The quantitative estimate of drug-likeness (QED) is 0.284. The number of ether oxygens (including phenoxy) is 1. The van der Waals surface area contributed by atoms with Crippen LogP contribution in [0.25, 0.3) is 0 Å². The van der Waals surface area contributed by atoms with Crippen molar-refractivity contribution >= 4 is 45.9 Å². The summed E-state index contributed by atoms with van der Waals surface area (Å²) in [4.78, 5) is 4.40. The summed E-state index contributed by atoms with van der Waals surface area (Å²) in [6, 6.07) is 8.63. The van der Waals surface area contributed by atoms with E-state index in [1.165, 1.54) is 29.7 Å². The van der Waals surface area contributed by atoms with Gasteiger partial charge in [0.2, 0.25) is 0 Å². The Morgan fingerprint density at radius 1 is 1.31 bits per heavy atom. The lowest BCUT2D eigenvalue weighted by Gasteiger charge is -2.19. The Morgan fingerprint density at radius 2 is 2.07 bits per heavy atom. The molecule has 1 saturated carbocycles. The van der Waals surface area contributed by atoms with Crippen LogP contribution in [-0.2, 0) is 23.2 Å². The van der Waals surface area contributed by atoms with E-state index in [4.69, 9.17) is 4.74 Å². The number of halogens is 2. The minimum Gasteiger partial charge on any atom is -0.383 e. The number of aryl methyl sites for hydroxylation is 1. The van der Waals surface area contributed by atoms with Gasteiger partial charge in [0.05, 0.1) is 18.8 Å². The molecule has 1 aliphatic rings. The number of aromatic nitrogens is 2. The van der Waals surface area contributed by atoms with E-state index in [0.29, 0.717) is 13.2 Å². The molecular weight excluding hydrogens is 545 g/mol. The van der Waals surface area contributed by atoms with E-state index < -0.39 is 0 Å². The maximum atomic E-state index is 5.17. The molecule has 1 aromatic carbocycles. The number of methoxy groups -OCH3 is 1. The molecule has 0 amide bonds. The molecule has 0 unspecified atom stereocenters. The van der Waals surface area contributed by atoms with E-state index in [9.17, 15) is 0 Å². The lowest BCUT2D eigenvalue weighted by atomic mass is 9.96. The van der Waals surface area contributed by atoms with Crippen molar-refractivity contribution in [3.63, 3.8) is 0 Å². The zero-order valence-corrected chi connectivity index (χ0v) is 21.5. The van der Waals surface area contributed by atoms with Gasteiger partial charge >= 0.3 is 0 Å². The van der Waals surface area contributed by atoms with Crippen molar-refractivity contribution < 1.29 is 4.74 Å². The van der Waals surface area contributed by atoms with E-state index in [1.807, 2.05) is 11.7 Å². The fourth-order valence-electron chi connectivity index (χ4n) is 3.57. The van der Waals surface area contributed by atoms with Gasteiger partial charge < -0.3 is 15.4 Å². The average Bonchev–Trinajstić information content (AvgIpc) is 3.43. The van der Waals surface area contributed by atoms with Gasteiger partial charge in [-0.3, -0.25) is 9.67 Å². The highest BCUT2D eigenvalue weighted by atomic mass is 127. The zero-order valence-electron chi connectivity index (χ0n) is 17.6. The van der Waals surface area contributed by atoms with Crippen molar-refractivity contribution in [3.8, 4) is 0 Å². The smallest absolute Gasteiger partial charge is 0.191 e. The highest BCUT2D eigenvalue weighted by Crippen LogP contribution is 2.48. The number of nitrogens with one attached hydrogen (secondary N) is 2. The number of nitrogens with zero attached hydrogens (tertiary/aromatic N) is 3. The van der Waals surface area contributed by atoms with Gasteiger partial charge in [0, 0.05) is 48.4 Å². The first-order valence-corrected chi connectivity index (χ1v) is 10.5. The molecule has 0 atom stereocenters. The van der Waals surface area contributed by atoms with Gasteiger partial charge in [-0.05, 0) is 44.4 Å². The van der Waals surface area contributed by atoms with Crippen LogP contribution in [0.15, 0.2) is 33.7 Å². The molecule has 0 saturated heterocycles. The first kappa shape index (κ1) is 24.1. The van der Waals surface area contributed by atoms with Gasteiger partial charge in [-0.25, -0.2) is 0 Å². The molecule has 1 aliphatic carbocycles. The Hall–Kier alpha value is -1.13. The summed E-state index contributed by atoms with van der Waals surface area (Å²) in [5, 5.41) is 11.6. The van der Waals surface area contributed by atoms with Gasteiger partial charge in [-0.1, -0.05) is 28.1 Å². The molecule has 1 aromatic heterocycles. The number of benzene rings is 1. The van der Waals surface area contributed by atoms with Gasteiger partial charge in [0.15, 0.2) is 5.96 Å². The lowest BCUT2D eigenvalue weighted by molar-refractivity contribution is 0.182. The Morgan fingerprint density at radius 3 is 2.69 bits per heavy atom. The van der Waals surface area contributed by atoms with Crippen LogP contribution >= 0.6 is 39.9 Å². The lowest BCUT2D eigenvalue weighted by Crippen LogP contribution is -2.41. The standard InChI is InChI=1S/C21H30BrN5O.HI/c1-15-19(16(2)27(26-15)10-11-28-4)13-24-20(23-3)25-14-21(8-9-21)17-6-5-7-18(22)12-17;/h5-7,12H,8-11,13-14H2,1-4H3,(H2,23,24,25);1H. The highest BCUT2D eigenvalue weighted by Gasteiger charge is 2.44. The first-order chi connectivity index (χ1) is 13.5. The molecule has 0 radical (unpaired) electrons. The van der Waals surface area contributed by atoms with Crippen molar-refractivity contribution in [2.45, 2.75) is 45.2 Å². The van der Waals surface area contributed by atoms with Crippen LogP contribution in [0.3, 0.4) is 0 Å². The van der Waals surface area contributed by atoms with E-state index in [0.717, 1.165) is 29.2 Å². The van der Waals surface area contributed by atoms with Crippen LogP contribution in [0.1, 0.15) is 35.4 Å². The number of hydrogen-bond donors (Lipinski definition) is 2. The van der Waals surface area contributed by atoms with Crippen LogP contribution in [-0.4, -0.2) is 43.0 Å². The monoisotopic (exact) mass is 575 g/mol. The van der Waals surface area contributed by atoms with Gasteiger partial charge in [0.1, 0.15) is 0 Å². The minimum atomic E-state index is 0. The SMILES string of the molecule is CN=C(NCc1c(C)nn(CCOC)c1C)NCC1(c2cccc(Br)c2)CC1.I. The van der Waals surface area contributed by atoms with Crippen molar-refractivity contribution in [2.24, 2.45) is 4.99 Å². The van der Waals surface area contributed by atoms with Crippen LogP contribution in [0.2, 0.25) is 0 Å². The maximum absolute atomic E-state index is 5.17. The van der Waals surface area contributed by atoms with Crippen molar-refractivity contribution in [2.75, 3.05) is 27.3 Å². The zero-order chi connectivity index (χ0) is 20.1. The average molecular weight is 576 g/mol. The largest absolute Gasteiger partial charge is 0.383 e. The molecule has 0 aliphatic heterocycles. The van der Waals surface area contributed by atoms with Crippen LogP contribution < -0.4 is 10.6 Å².